The van der Waals surface area contributed by atoms with Crippen LogP contribution in [-0.4, -0.2) is 20.3 Å². The normalized spacial score (nSPS) is 9.68. The molecular formula is C17H18Cl2N4O2. The average Bonchev–Trinajstić information content (AvgIpc) is 2.80. The number of aromatic nitrogens is 3. The van der Waals surface area contributed by atoms with E-state index in [1.807, 2.05) is 30.3 Å². The van der Waals surface area contributed by atoms with Crippen LogP contribution in [0, 0.1) is 6.92 Å². The molecule has 6 nitrogen and oxygen atoms in total. The van der Waals surface area contributed by atoms with E-state index in [0.29, 0.717) is 11.3 Å². The van der Waals surface area contributed by atoms with Crippen molar-refractivity contribution in [3.63, 3.8) is 0 Å². The van der Waals surface area contributed by atoms with E-state index in [1.165, 1.54) is 10.9 Å². The van der Waals surface area contributed by atoms with Gasteiger partial charge in [0.25, 0.3) is 11.5 Å². The van der Waals surface area contributed by atoms with Gasteiger partial charge in [0.2, 0.25) is 0 Å². The lowest BCUT2D eigenvalue weighted by Crippen LogP contribution is -2.23. The van der Waals surface area contributed by atoms with Gasteiger partial charge in [0.1, 0.15) is 5.69 Å². The number of hydrogen-bond acceptors (Lipinski definition) is 3. The molecule has 0 aliphatic carbocycles. The van der Waals surface area contributed by atoms with E-state index in [0.717, 1.165) is 5.69 Å². The first-order valence-corrected chi connectivity index (χ1v) is 7.15. The molecule has 0 radical (unpaired) electrons. The molecule has 2 aromatic heterocycles. The topological polar surface area (TPSA) is 68.9 Å². The summed E-state index contributed by atoms with van der Waals surface area (Å²) in [5.41, 5.74) is 1.82. The number of nitrogens with zero attached hydrogens (tertiary/aromatic N) is 3. The van der Waals surface area contributed by atoms with Gasteiger partial charge in [-0.3, -0.25) is 19.3 Å². The standard InChI is InChI=1S/C17H16N4O2.2ClH/c1-12-15(19-16(22)13-7-6-10-18-11-13)17(23)21(20(12)2)14-8-4-3-5-9-14;;/h3-11H,1-2H3,(H,19,22);2*1H. The van der Waals surface area contributed by atoms with E-state index in [2.05, 4.69) is 10.3 Å². The van der Waals surface area contributed by atoms with E-state index >= 15 is 0 Å². The van der Waals surface area contributed by atoms with Crippen LogP contribution in [0.4, 0.5) is 5.69 Å². The molecule has 0 saturated heterocycles. The molecule has 0 aliphatic heterocycles. The maximum absolute atomic E-state index is 12.7. The lowest BCUT2D eigenvalue weighted by molar-refractivity contribution is 0.102. The van der Waals surface area contributed by atoms with Gasteiger partial charge >= 0.3 is 0 Å². The highest BCUT2D eigenvalue weighted by Gasteiger charge is 2.18. The molecule has 0 fully saturated rings. The number of para-hydroxylation sites is 1. The predicted molar refractivity (Wildman–Crippen MR) is 102 cm³/mol. The lowest BCUT2D eigenvalue weighted by atomic mass is 10.2. The Hall–Kier alpha value is -2.57. The zero-order valence-corrected chi connectivity index (χ0v) is 15.3. The predicted octanol–water partition coefficient (Wildman–Crippen LogP) is 2.98. The number of carbonyl (C=O) groups excluding carboxylic acids is 1. The summed E-state index contributed by atoms with van der Waals surface area (Å²) in [6.07, 6.45) is 3.05. The summed E-state index contributed by atoms with van der Waals surface area (Å²) >= 11 is 0. The first kappa shape index (κ1) is 20.5. The van der Waals surface area contributed by atoms with Crippen LogP contribution in [0.15, 0.2) is 59.7 Å². The van der Waals surface area contributed by atoms with Crippen molar-refractivity contribution in [2.24, 2.45) is 7.05 Å². The summed E-state index contributed by atoms with van der Waals surface area (Å²) in [6, 6.07) is 12.6. The Bertz CT molecular complexity index is 906. The van der Waals surface area contributed by atoms with Gasteiger partial charge in [-0.15, -0.1) is 24.8 Å². The Kier molecular flexibility index (Phi) is 6.97. The molecule has 1 N–H and O–H groups in total. The molecule has 3 rings (SSSR count). The van der Waals surface area contributed by atoms with E-state index in [9.17, 15) is 9.59 Å². The smallest absolute Gasteiger partial charge is 0.295 e. The molecule has 2 heterocycles. The maximum atomic E-state index is 12.7. The van der Waals surface area contributed by atoms with Crippen LogP contribution in [0.5, 0.6) is 0 Å². The van der Waals surface area contributed by atoms with Crippen LogP contribution >= 0.6 is 24.8 Å². The first-order valence-electron chi connectivity index (χ1n) is 7.15. The zero-order valence-electron chi connectivity index (χ0n) is 13.7. The molecule has 8 heteroatoms. The number of pyridine rings is 1. The molecule has 0 aliphatic rings. The second-order valence-corrected chi connectivity index (χ2v) is 5.13. The average molecular weight is 381 g/mol. The Morgan fingerprint density at radius 2 is 1.76 bits per heavy atom. The Morgan fingerprint density at radius 1 is 1.08 bits per heavy atom. The molecule has 132 valence electrons. The van der Waals surface area contributed by atoms with Crippen LogP contribution in [0.2, 0.25) is 0 Å². The second kappa shape index (κ2) is 8.50. The Morgan fingerprint density at radius 3 is 2.36 bits per heavy atom. The quantitative estimate of drug-likeness (QED) is 0.759. The Balaban J connectivity index is 0.00000156. The monoisotopic (exact) mass is 380 g/mol. The van der Waals surface area contributed by atoms with E-state index < -0.39 is 0 Å². The molecule has 0 bridgehead atoms. The number of nitrogens with one attached hydrogen (secondary N) is 1. The van der Waals surface area contributed by atoms with Crippen LogP contribution < -0.4 is 10.9 Å². The SMILES string of the molecule is Cc1c(NC(=O)c2cccnc2)c(=O)n(-c2ccccc2)n1C.Cl.Cl. The molecule has 0 unspecified atom stereocenters. The molecule has 25 heavy (non-hydrogen) atoms. The number of hydrogen-bond donors (Lipinski definition) is 1. The maximum Gasteiger partial charge on any atom is 0.295 e. The number of anilines is 1. The number of halogens is 2. The lowest BCUT2D eigenvalue weighted by Gasteiger charge is -2.07. The fourth-order valence-corrected chi connectivity index (χ4v) is 2.40. The van der Waals surface area contributed by atoms with Crippen LogP contribution in [0.3, 0.4) is 0 Å². The molecule has 0 atom stereocenters. The van der Waals surface area contributed by atoms with Crippen molar-refractivity contribution < 1.29 is 4.79 Å². The van der Waals surface area contributed by atoms with Crippen molar-refractivity contribution in [2.45, 2.75) is 6.92 Å². The van der Waals surface area contributed by atoms with Gasteiger partial charge in [-0.25, -0.2) is 4.68 Å². The molecule has 1 amide bonds. The van der Waals surface area contributed by atoms with Crippen LogP contribution in [0.25, 0.3) is 5.69 Å². The third-order valence-electron chi connectivity index (χ3n) is 3.72. The fraction of sp³-hybridized carbons (Fsp3) is 0.118. The van der Waals surface area contributed by atoms with Gasteiger partial charge in [-0.1, -0.05) is 18.2 Å². The van der Waals surface area contributed by atoms with Crippen molar-refractivity contribution >= 4 is 36.4 Å². The third-order valence-corrected chi connectivity index (χ3v) is 3.72. The number of rotatable bonds is 3. The van der Waals surface area contributed by atoms with Gasteiger partial charge < -0.3 is 5.32 Å². The highest BCUT2D eigenvalue weighted by atomic mass is 35.5. The largest absolute Gasteiger partial charge is 0.316 e. The summed E-state index contributed by atoms with van der Waals surface area (Å²) in [5.74, 6) is -0.357. The van der Waals surface area contributed by atoms with Crippen LogP contribution in [-0.2, 0) is 7.05 Å². The molecular weight excluding hydrogens is 363 g/mol. The molecule has 1 aromatic carbocycles. The number of amides is 1. The van der Waals surface area contributed by atoms with E-state index in [4.69, 9.17) is 0 Å². The minimum Gasteiger partial charge on any atom is -0.316 e. The van der Waals surface area contributed by atoms with Crippen LogP contribution in [0.1, 0.15) is 16.1 Å². The third kappa shape index (κ3) is 3.92. The van der Waals surface area contributed by atoms with Gasteiger partial charge in [-0.2, -0.15) is 0 Å². The summed E-state index contributed by atoms with van der Waals surface area (Å²) in [5, 5.41) is 2.69. The zero-order chi connectivity index (χ0) is 16.4. The highest BCUT2D eigenvalue weighted by molar-refractivity contribution is 6.04. The van der Waals surface area contributed by atoms with Gasteiger partial charge in [0, 0.05) is 19.4 Å². The summed E-state index contributed by atoms with van der Waals surface area (Å²) in [6.45, 7) is 1.79. The second-order valence-electron chi connectivity index (χ2n) is 5.13. The van der Waals surface area contributed by atoms with Crippen molar-refractivity contribution in [1.82, 2.24) is 14.3 Å². The molecule has 0 saturated carbocycles. The summed E-state index contributed by atoms with van der Waals surface area (Å²) in [7, 11) is 1.78. The van der Waals surface area contributed by atoms with Gasteiger partial charge in [-0.05, 0) is 31.2 Å². The summed E-state index contributed by atoms with van der Waals surface area (Å²) < 4.78 is 3.24. The van der Waals surface area contributed by atoms with E-state index in [1.54, 1.807) is 37.0 Å². The van der Waals surface area contributed by atoms with Crippen molar-refractivity contribution in [1.29, 1.82) is 0 Å². The minimum absolute atomic E-state index is 0. The van der Waals surface area contributed by atoms with Gasteiger partial charge in [0.05, 0.1) is 16.9 Å². The van der Waals surface area contributed by atoms with Crippen molar-refractivity contribution in [3.05, 3.63) is 76.5 Å². The van der Waals surface area contributed by atoms with Crippen molar-refractivity contribution in [2.75, 3.05) is 5.32 Å². The molecule has 3 aromatic rings. The summed E-state index contributed by atoms with van der Waals surface area (Å²) in [4.78, 5) is 28.9. The number of benzene rings is 1. The minimum atomic E-state index is -0.357. The fourth-order valence-electron chi connectivity index (χ4n) is 2.40. The van der Waals surface area contributed by atoms with Crippen molar-refractivity contribution in [3.8, 4) is 5.69 Å². The molecule has 0 spiro atoms. The Labute approximate surface area is 157 Å². The number of carbonyl (C=O) groups is 1. The van der Waals surface area contributed by atoms with Gasteiger partial charge in [0.15, 0.2) is 0 Å². The highest BCUT2D eigenvalue weighted by Crippen LogP contribution is 2.14. The van der Waals surface area contributed by atoms with E-state index in [-0.39, 0.29) is 42.0 Å². The first-order chi connectivity index (χ1) is 11.1.